The van der Waals surface area contributed by atoms with E-state index in [-0.39, 0.29) is 0 Å². The highest BCUT2D eigenvalue weighted by atomic mass is 15.0. The quantitative estimate of drug-likeness (QED) is 0.180. The summed E-state index contributed by atoms with van der Waals surface area (Å²) in [6, 6.07) is 68.4. The van der Waals surface area contributed by atoms with Crippen molar-refractivity contribution in [3.8, 4) is 28.2 Å². The molecule has 3 heterocycles. The zero-order valence-electron chi connectivity index (χ0n) is 27.7. The fourth-order valence-electron chi connectivity index (χ4n) is 8.46. The first-order valence-corrected chi connectivity index (χ1v) is 17.5. The van der Waals surface area contributed by atoms with Crippen molar-refractivity contribution >= 4 is 65.4 Å². The SMILES string of the molecule is c1ccc(-n2c3ccccc3c3cc(-c4ccc5c(c4)c4ccccc4n5-c4cccc5c4c4ccccc4n5-c4ccccc4)ccc32)cc1. The van der Waals surface area contributed by atoms with E-state index in [4.69, 9.17) is 0 Å². The van der Waals surface area contributed by atoms with Crippen LogP contribution in [0.25, 0.3) is 93.6 Å². The molecular formula is C48H31N3. The van der Waals surface area contributed by atoms with Gasteiger partial charge in [0.15, 0.2) is 0 Å². The summed E-state index contributed by atoms with van der Waals surface area (Å²) in [4.78, 5) is 0. The number of fused-ring (bicyclic) bond motifs is 9. The van der Waals surface area contributed by atoms with Gasteiger partial charge in [-0.2, -0.15) is 0 Å². The molecule has 0 amide bonds. The molecular weight excluding hydrogens is 619 g/mol. The summed E-state index contributed by atoms with van der Waals surface area (Å²) in [5.74, 6) is 0. The fraction of sp³-hybridized carbons (Fsp3) is 0. The van der Waals surface area contributed by atoms with E-state index in [0.29, 0.717) is 0 Å². The second kappa shape index (κ2) is 10.8. The highest BCUT2D eigenvalue weighted by Crippen LogP contribution is 2.41. The third kappa shape index (κ3) is 4.06. The zero-order chi connectivity index (χ0) is 33.5. The Balaban J connectivity index is 1.14. The molecule has 0 unspecified atom stereocenters. The third-order valence-corrected chi connectivity index (χ3v) is 10.6. The molecule has 0 fully saturated rings. The molecule has 0 saturated carbocycles. The van der Waals surface area contributed by atoms with Crippen LogP contribution >= 0.6 is 0 Å². The van der Waals surface area contributed by atoms with Crippen LogP contribution < -0.4 is 0 Å². The Morgan fingerprint density at radius 1 is 0.255 bits per heavy atom. The predicted molar refractivity (Wildman–Crippen MR) is 215 cm³/mol. The smallest absolute Gasteiger partial charge is 0.0562 e. The first-order valence-electron chi connectivity index (χ1n) is 17.5. The number of benzene rings is 8. The van der Waals surface area contributed by atoms with Crippen molar-refractivity contribution in [1.82, 2.24) is 13.7 Å². The highest BCUT2D eigenvalue weighted by Gasteiger charge is 2.20. The fourth-order valence-corrected chi connectivity index (χ4v) is 8.46. The van der Waals surface area contributed by atoms with E-state index in [1.807, 2.05) is 0 Å². The summed E-state index contributed by atoms with van der Waals surface area (Å²) in [5.41, 5.74) is 13.2. The summed E-state index contributed by atoms with van der Waals surface area (Å²) < 4.78 is 7.24. The Bertz CT molecular complexity index is 3120. The minimum atomic E-state index is 1.16. The lowest BCUT2D eigenvalue weighted by Crippen LogP contribution is -1.96. The molecule has 51 heavy (non-hydrogen) atoms. The van der Waals surface area contributed by atoms with Gasteiger partial charge in [0.2, 0.25) is 0 Å². The van der Waals surface area contributed by atoms with Crippen molar-refractivity contribution in [2.45, 2.75) is 0 Å². The monoisotopic (exact) mass is 649 g/mol. The van der Waals surface area contributed by atoms with Crippen LogP contribution in [0.3, 0.4) is 0 Å². The summed E-state index contributed by atoms with van der Waals surface area (Å²) in [6.07, 6.45) is 0. The highest BCUT2D eigenvalue weighted by molar-refractivity contribution is 6.17. The summed E-state index contributed by atoms with van der Waals surface area (Å²) in [7, 11) is 0. The normalized spacial score (nSPS) is 11.9. The predicted octanol–water partition coefficient (Wildman–Crippen LogP) is 12.6. The van der Waals surface area contributed by atoms with Gasteiger partial charge in [-0.15, -0.1) is 0 Å². The van der Waals surface area contributed by atoms with Gasteiger partial charge in [0.05, 0.1) is 38.8 Å². The molecule has 3 aromatic heterocycles. The molecule has 0 atom stereocenters. The molecule has 11 aromatic rings. The number of rotatable bonds is 4. The van der Waals surface area contributed by atoms with Gasteiger partial charge in [-0.1, -0.05) is 109 Å². The average Bonchev–Trinajstić information content (AvgIpc) is 3.84. The van der Waals surface area contributed by atoms with Crippen LogP contribution in [0.5, 0.6) is 0 Å². The Kier molecular flexibility index (Phi) is 5.96. The minimum Gasteiger partial charge on any atom is -0.309 e. The number of aromatic nitrogens is 3. The van der Waals surface area contributed by atoms with Crippen LogP contribution in [0.15, 0.2) is 188 Å². The number of hydrogen-bond donors (Lipinski definition) is 0. The first-order chi connectivity index (χ1) is 25.3. The Morgan fingerprint density at radius 3 is 1.25 bits per heavy atom. The van der Waals surface area contributed by atoms with Crippen LogP contribution in [-0.2, 0) is 0 Å². The standard InChI is InChI=1S/C48H31N3/c1-3-14-34(15-4-1)49-41-21-10-7-18-36(41)39-30-32(26-28-44(39)49)33-27-29-45-40(31-33)37-19-8-11-22-42(37)51(45)47-25-13-24-46-48(47)38-20-9-12-23-43(38)50(46)35-16-5-2-6-17-35/h1-31H. The largest absolute Gasteiger partial charge is 0.309 e. The van der Waals surface area contributed by atoms with E-state index in [1.165, 1.54) is 87.9 Å². The Morgan fingerprint density at radius 2 is 0.667 bits per heavy atom. The second-order valence-electron chi connectivity index (χ2n) is 13.4. The molecule has 0 aliphatic rings. The molecule has 11 rings (SSSR count). The molecule has 0 spiro atoms. The van der Waals surface area contributed by atoms with Crippen LogP contribution in [-0.4, -0.2) is 13.7 Å². The van der Waals surface area contributed by atoms with Crippen molar-refractivity contribution in [1.29, 1.82) is 0 Å². The van der Waals surface area contributed by atoms with E-state index in [1.54, 1.807) is 0 Å². The average molecular weight is 650 g/mol. The topological polar surface area (TPSA) is 14.8 Å². The maximum Gasteiger partial charge on any atom is 0.0562 e. The zero-order valence-corrected chi connectivity index (χ0v) is 27.7. The molecule has 0 saturated heterocycles. The number of hydrogen-bond acceptors (Lipinski definition) is 0. The van der Waals surface area contributed by atoms with Gasteiger partial charge in [0.25, 0.3) is 0 Å². The van der Waals surface area contributed by atoms with Gasteiger partial charge in [-0.25, -0.2) is 0 Å². The van der Waals surface area contributed by atoms with Gasteiger partial charge in [0, 0.05) is 43.7 Å². The maximum absolute atomic E-state index is 2.47. The Hall–Kier alpha value is -6.84. The van der Waals surface area contributed by atoms with Crippen molar-refractivity contribution < 1.29 is 0 Å². The molecule has 0 N–H and O–H groups in total. The lowest BCUT2D eigenvalue weighted by molar-refractivity contribution is 1.17. The van der Waals surface area contributed by atoms with E-state index < -0.39 is 0 Å². The molecule has 238 valence electrons. The van der Waals surface area contributed by atoms with Gasteiger partial charge >= 0.3 is 0 Å². The van der Waals surface area contributed by atoms with Crippen LogP contribution in [0.4, 0.5) is 0 Å². The summed E-state index contributed by atoms with van der Waals surface area (Å²) in [5, 5.41) is 7.52. The molecule has 8 aromatic carbocycles. The van der Waals surface area contributed by atoms with Crippen molar-refractivity contribution in [3.05, 3.63) is 188 Å². The molecule has 0 radical (unpaired) electrons. The van der Waals surface area contributed by atoms with Crippen molar-refractivity contribution in [2.75, 3.05) is 0 Å². The molecule has 3 nitrogen and oxygen atoms in total. The second-order valence-corrected chi connectivity index (χ2v) is 13.4. The lowest BCUT2D eigenvalue weighted by atomic mass is 10.0. The minimum absolute atomic E-state index is 1.16. The molecule has 0 bridgehead atoms. The van der Waals surface area contributed by atoms with Crippen LogP contribution in [0, 0.1) is 0 Å². The molecule has 0 aliphatic carbocycles. The van der Waals surface area contributed by atoms with E-state index in [2.05, 4.69) is 202 Å². The molecule has 0 aliphatic heterocycles. The van der Waals surface area contributed by atoms with Gasteiger partial charge in [-0.05, 0) is 90.0 Å². The van der Waals surface area contributed by atoms with E-state index in [0.717, 1.165) is 5.69 Å². The third-order valence-electron chi connectivity index (χ3n) is 10.6. The lowest BCUT2D eigenvalue weighted by Gasteiger charge is -2.12. The summed E-state index contributed by atoms with van der Waals surface area (Å²) >= 11 is 0. The van der Waals surface area contributed by atoms with Crippen molar-refractivity contribution in [3.63, 3.8) is 0 Å². The first kappa shape index (κ1) is 28.0. The van der Waals surface area contributed by atoms with Crippen LogP contribution in [0.2, 0.25) is 0 Å². The van der Waals surface area contributed by atoms with E-state index in [9.17, 15) is 0 Å². The summed E-state index contributed by atoms with van der Waals surface area (Å²) in [6.45, 7) is 0. The number of nitrogens with zero attached hydrogens (tertiary/aromatic N) is 3. The van der Waals surface area contributed by atoms with Crippen molar-refractivity contribution in [2.24, 2.45) is 0 Å². The maximum atomic E-state index is 2.47. The van der Waals surface area contributed by atoms with E-state index >= 15 is 0 Å². The van der Waals surface area contributed by atoms with Crippen LogP contribution in [0.1, 0.15) is 0 Å². The van der Waals surface area contributed by atoms with Gasteiger partial charge in [0.1, 0.15) is 0 Å². The number of para-hydroxylation sites is 5. The van der Waals surface area contributed by atoms with Gasteiger partial charge in [-0.3, -0.25) is 0 Å². The molecule has 3 heteroatoms. The van der Waals surface area contributed by atoms with Gasteiger partial charge < -0.3 is 13.7 Å². The Labute approximate surface area is 294 Å².